The fourth-order valence-corrected chi connectivity index (χ4v) is 6.75. The van der Waals surface area contributed by atoms with Gasteiger partial charge in [-0.05, 0) is 61.1 Å². The van der Waals surface area contributed by atoms with Crippen LogP contribution in [0, 0.1) is 6.92 Å². The summed E-state index contributed by atoms with van der Waals surface area (Å²) in [5.41, 5.74) is 5.16. The molecule has 1 aliphatic carbocycles. The molecular weight excluding hydrogens is 556 g/mol. The summed E-state index contributed by atoms with van der Waals surface area (Å²) in [5, 5.41) is 1.03. The van der Waals surface area contributed by atoms with Crippen LogP contribution in [0.25, 0.3) is 22.2 Å². The van der Waals surface area contributed by atoms with E-state index in [1.807, 2.05) is 38.2 Å². The van der Waals surface area contributed by atoms with Crippen LogP contribution < -0.4 is 9.46 Å². The Morgan fingerprint density at radius 3 is 2.43 bits per heavy atom. The molecule has 2 aliphatic rings. The number of nitrogens with zero attached hydrogens (tertiary/aromatic N) is 3. The van der Waals surface area contributed by atoms with Crippen molar-refractivity contribution in [2.75, 3.05) is 47.0 Å². The molecular formula is C31H40N4O6S. The minimum Gasteiger partial charge on any atom is -0.483 e. The van der Waals surface area contributed by atoms with Crippen molar-refractivity contribution >= 4 is 32.9 Å². The van der Waals surface area contributed by atoms with Gasteiger partial charge in [-0.2, -0.15) is 12.7 Å². The highest BCUT2D eigenvalue weighted by atomic mass is 32.2. The Hall–Kier alpha value is -3.41. The Balaban J connectivity index is 1.67. The molecule has 42 heavy (non-hydrogen) atoms. The van der Waals surface area contributed by atoms with E-state index in [9.17, 15) is 18.0 Å². The van der Waals surface area contributed by atoms with E-state index in [1.54, 1.807) is 24.1 Å². The second kappa shape index (κ2) is 12.4. The summed E-state index contributed by atoms with van der Waals surface area (Å²) in [7, 11) is 0.954. The molecule has 2 aromatic carbocycles. The smallest absolute Gasteiger partial charge is 0.303 e. The van der Waals surface area contributed by atoms with Gasteiger partial charge in [0.1, 0.15) is 5.75 Å². The van der Waals surface area contributed by atoms with Crippen LogP contribution >= 0.6 is 0 Å². The molecule has 0 radical (unpaired) electrons. The van der Waals surface area contributed by atoms with Crippen molar-refractivity contribution in [3.05, 3.63) is 53.1 Å². The molecule has 2 heterocycles. The second-order valence-corrected chi connectivity index (χ2v) is 13.1. The van der Waals surface area contributed by atoms with Crippen LogP contribution in [0.1, 0.15) is 59.5 Å². The lowest BCUT2D eigenvalue weighted by molar-refractivity contribution is -0.132. The Bertz CT molecular complexity index is 1590. The number of amides is 2. The fourth-order valence-electron chi connectivity index (χ4n) is 5.93. The van der Waals surface area contributed by atoms with E-state index in [-0.39, 0.29) is 37.8 Å². The van der Waals surface area contributed by atoms with Crippen molar-refractivity contribution in [3.63, 3.8) is 0 Å². The van der Waals surface area contributed by atoms with Crippen LogP contribution in [0.5, 0.6) is 5.75 Å². The maximum Gasteiger partial charge on any atom is 0.303 e. The van der Waals surface area contributed by atoms with Crippen LogP contribution in [-0.4, -0.2) is 81.0 Å². The standard InChI is InChI=1S/C31H40N4O6S/c1-21-10-12-25-27(18-21)41-20-28(36)33(2)14-16-40-17-15-34(3)42(38,39)32-31(37)23-11-13-24-26(19-23)35(4)30(25)29(24)22-8-6-5-7-9-22/h10-13,18-19,22H,5-9,14-17,20H2,1-4H3,(H,32,37). The quantitative estimate of drug-likeness (QED) is 0.455. The van der Waals surface area contributed by atoms with Gasteiger partial charge in [-0.3, -0.25) is 9.59 Å². The molecule has 3 aromatic rings. The lowest BCUT2D eigenvalue weighted by atomic mass is 9.81. The summed E-state index contributed by atoms with van der Waals surface area (Å²) in [4.78, 5) is 27.7. The van der Waals surface area contributed by atoms with E-state index in [1.165, 1.54) is 19.0 Å². The van der Waals surface area contributed by atoms with Crippen LogP contribution in [0.3, 0.4) is 0 Å². The number of rotatable bonds is 1. The molecule has 2 amide bonds. The highest BCUT2D eigenvalue weighted by Gasteiger charge is 2.29. The van der Waals surface area contributed by atoms with Gasteiger partial charge in [0.05, 0.1) is 18.9 Å². The third-order valence-electron chi connectivity index (χ3n) is 8.44. The number of aryl methyl sites for hydroxylation is 2. The molecule has 3 bridgehead atoms. The zero-order valence-corrected chi connectivity index (χ0v) is 25.6. The summed E-state index contributed by atoms with van der Waals surface area (Å²) < 4.78 is 42.9. The Morgan fingerprint density at radius 1 is 0.929 bits per heavy atom. The number of likely N-dealkylation sites (N-methyl/N-ethyl adjacent to an activating group) is 2. The summed E-state index contributed by atoms with van der Waals surface area (Å²) in [6.45, 7) is 2.58. The van der Waals surface area contributed by atoms with Crippen molar-refractivity contribution < 1.29 is 27.5 Å². The lowest BCUT2D eigenvalue weighted by Gasteiger charge is -2.24. The van der Waals surface area contributed by atoms with Crippen molar-refractivity contribution in [1.82, 2.24) is 18.5 Å². The van der Waals surface area contributed by atoms with Crippen LogP contribution in [0.4, 0.5) is 0 Å². The van der Waals surface area contributed by atoms with Crippen LogP contribution in [0.15, 0.2) is 36.4 Å². The highest BCUT2D eigenvalue weighted by molar-refractivity contribution is 7.87. The summed E-state index contributed by atoms with van der Waals surface area (Å²) in [5.74, 6) is 0.0738. The van der Waals surface area contributed by atoms with E-state index in [0.717, 1.165) is 57.7 Å². The van der Waals surface area contributed by atoms with Gasteiger partial charge >= 0.3 is 10.2 Å². The largest absolute Gasteiger partial charge is 0.483 e. The molecule has 5 rings (SSSR count). The molecule has 226 valence electrons. The lowest BCUT2D eigenvalue weighted by Crippen LogP contribution is -2.43. The molecule has 1 aromatic heterocycles. The fraction of sp³-hybridized carbons (Fsp3) is 0.484. The molecule has 1 aliphatic heterocycles. The second-order valence-electron chi connectivity index (χ2n) is 11.4. The Morgan fingerprint density at radius 2 is 1.67 bits per heavy atom. The van der Waals surface area contributed by atoms with E-state index in [4.69, 9.17) is 9.47 Å². The average Bonchev–Trinajstić information content (AvgIpc) is 3.26. The van der Waals surface area contributed by atoms with Gasteiger partial charge in [0.2, 0.25) is 0 Å². The normalized spacial score (nSPS) is 20.0. The van der Waals surface area contributed by atoms with Crippen molar-refractivity contribution in [2.24, 2.45) is 7.05 Å². The van der Waals surface area contributed by atoms with Gasteiger partial charge < -0.3 is 18.9 Å². The van der Waals surface area contributed by atoms with E-state index in [2.05, 4.69) is 9.29 Å². The molecule has 1 N–H and O–H groups in total. The number of hydrogen-bond donors (Lipinski definition) is 1. The van der Waals surface area contributed by atoms with E-state index >= 15 is 0 Å². The predicted octanol–water partition coefficient (Wildman–Crippen LogP) is 3.98. The number of aromatic nitrogens is 1. The van der Waals surface area contributed by atoms with Crippen LogP contribution in [0.2, 0.25) is 0 Å². The third kappa shape index (κ3) is 6.18. The number of carbonyl (C=O) groups is 2. The number of nitrogens with one attached hydrogen (secondary N) is 1. The molecule has 1 fully saturated rings. The minimum atomic E-state index is -4.09. The van der Waals surface area contributed by atoms with Gasteiger partial charge in [0.15, 0.2) is 6.61 Å². The maximum atomic E-state index is 13.2. The zero-order chi connectivity index (χ0) is 30.0. The van der Waals surface area contributed by atoms with Crippen molar-refractivity contribution in [2.45, 2.75) is 44.9 Å². The summed E-state index contributed by atoms with van der Waals surface area (Å²) in [6, 6.07) is 11.4. The topological polar surface area (TPSA) is 110 Å². The van der Waals surface area contributed by atoms with Gasteiger partial charge in [-0.1, -0.05) is 31.4 Å². The number of benzene rings is 2. The first-order chi connectivity index (χ1) is 20.1. The van der Waals surface area contributed by atoms with Gasteiger partial charge in [-0.25, -0.2) is 4.72 Å². The number of hydrogen-bond acceptors (Lipinski definition) is 6. The van der Waals surface area contributed by atoms with Crippen molar-refractivity contribution in [3.8, 4) is 17.0 Å². The predicted molar refractivity (Wildman–Crippen MR) is 162 cm³/mol. The molecule has 0 atom stereocenters. The SMILES string of the molecule is Cc1ccc2c(c1)OCC(=O)N(C)CCOCCN(C)S(=O)(=O)NC(=O)c1ccc3c(C4CCCCC4)c-2n(C)c3c1. The van der Waals surface area contributed by atoms with Gasteiger partial charge in [0, 0.05) is 56.3 Å². The first kappa shape index (κ1) is 30.1. The average molecular weight is 597 g/mol. The monoisotopic (exact) mass is 596 g/mol. The van der Waals surface area contributed by atoms with Gasteiger partial charge in [-0.15, -0.1) is 0 Å². The van der Waals surface area contributed by atoms with Crippen LogP contribution in [-0.2, 0) is 26.8 Å². The molecule has 1 saturated carbocycles. The molecule has 0 unspecified atom stereocenters. The minimum absolute atomic E-state index is 0.0461. The van der Waals surface area contributed by atoms with E-state index < -0.39 is 16.1 Å². The molecule has 11 heteroatoms. The van der Waals surface area contributed by atoms with Crippen molar-refractivity contribution in [1.29, 1.82) is 0 Å². The summed E-state index contributed by atoms with van der Waals surface area (Å²) in [6.07, 6.45) is 5.63. The molecule has 10 nitrogen and oxygen atoms in total. The third-order valence-corrected chi connectivity index (χ3v) is 9.88. The number of carbonyl (C=O) groups excluding carboxylic acids is 2. The molecule has 0 spiro atoms. The van der Waals surface area contributed by atoms with Gasteiger partial charge in [0.25, 0.3) is 11.8 Å². The number of ether oxygens (including phenoxy) is 2. The first-order valence-corrected chi connectivity index (χ1v) is 16.0. The zero-order valence-electron chi connectivity index (χ0n) is 24.8. The van der Waals surface area contributed by atoms with E-state index in [0.29, 0.717) is 18.2 Å². The highest BCUT2D eigenvalue weighted by Crippen LogP contribution is 2.46. The maximum absolute atomic E-state index is 13.2. The Kier molecular flexibility index (Phi) is 8.91. The summed E-state index contributed by atoms with van der Waals surface area (Å²) >= 11 is 0. The molecule has 0 saturated heterocycles. The first-order valence-electron chi connectivity index (χ1n) is 14.5. The number of fused-ring (bicyclic) bond motifs is 4. The Labute approximate surface area is 247 Å².